The predicted molar refractivity (Wildman–Crippen MR) is 508 cm³/mol. The monoisotopic (exact) mass is 1940 g/mol. The molecule has 12 heterocycles. The number of thiazole rings is 4. The van der Waals surface area contributed by atoms with Crippen LogP contribution in [0.2, 0.25) is 109 Å². The Morgan fingerprint density at radius 3 is 0.825 bits per heavy atom. The van der Waals surface area contributed by atoms with E-state index in [1.165, 1.54) is 4.57 Å². The zero-order valence-electron chi connectivity index (χ0n) is 76.4. The molecule has 16 atom stereocenters. The van der Waals surface area contributed by atoms with Gasteiger partial charge in [-0.2, -0.15) is 19.9 Å². The van der Waals surface area contributed by atoms with Gasteiger partial charge in [0, 0.05) is 0 Å². The number of nitrogens with one attached hydrogen (secondary N) is 2. The second kappa shape index (κ2) is 44.4. The number of nitrogens with zero attached hydrogens (tertiary/aromatic N) is 10. The number of aromatic nitrogens is 12. The molecule has 4 aliphatic heterocycles. The number of aryl methyl sites for hydroxylation is 2. The first-order chi connectivity index (χ1) is 59.9. The van der Waals surface area contributed by atoms with Gasteiger partial charge >= 0.3 is 19.5 Å². The largest absolute Gasteiger partial charge is 0.414 e. The summed E-state index contributed by atoms with van der Waals surface area (Å²) >= 11 is 3.53. The van der Waals surface area contributed by atoms with Crippen LogP contribution in [0.3, 0.4) is 0 Å². The van der Waals surface area contributed by atoms with E-state index in [1.807, 2.05) is 6.92 Å². The van der Waals surface area contributed by atoms with Gasteiger partial charge in [0.05, 0.1) is 47.2 Å². The summed E-state index contributed by atoms with van der Waals surface area (Å²) in [6.07, 6.45) is -13.8. The van der Waals surface area contributed by atoms with E-state index in [2.05, 4.69) is 164 Å². The van der Waals surface area contributed by atoms with E-state index in [9.17, 15) is 49.2 Å². The number of rotatable bonds is 38. The van der Waals surface area contributed by atoms with Crippen molar-refractivity contribution < 1.29 is 76.1 Å². The van der Waals surface area contributed by atoms with Crippen LogP contribution in [-0.2, 0) is 45.5 Å². The van der Waals surface area contributed by atoms with Gasteiger partial charge < -0.3 is 99.1 Å². The third-order valence-corrected chi connectivity index (χ3v) is 59.0. The van der Waals surface area contributed by atoms with Gasteiger partial charge in [-0.25, -0.2) is 9.97 Å². The van der Waals surface area contributed by atoms with Crippen molar-refractivity contribution in [3.63, 3.8) is 0 Å². The minimum absolute atomic E-state index is 0.00158. The summed E-state index contributed by atoms with van der Waals surface area (Å²) in [5.74, 6) is -0.0854. The summed E-state index contributed by atoms with van der Waals surface area (Å²) in [6, 6.07) is 18.0. The molecule has 0 aliphatic carbocycles. The Morgan fingerprint density at radius 1 is 0.333 bits per heavy atom. The molecule has 0 spiro atoms. The number of nitrogen functional groups attached to an aromatic ring is 4. The van der Waals surface area contributed by atoms with Crippen molar-refractivity contribution in [1.82, 2.24) is 58.1 Å². The summed E-state index contributed by atoms with van der Waals surface area (Å²) in [6.45, 7) is 43.5. The van der Waals surface area contributed by atoms with Crippen LogP contribution in [0.5, 0.6) is 0 Å². The molecule has 4 saturated heterocycles. The Hall–Kier alpha value is -5.46. The number of anilines is 4. The maximum atomic E-state index is 13.7. The zero-order chi connectivity index (χ0) is 93.2. The number of nitrogens with two attached hydrogens (primary N) is 4. The van der Waals surface area contributed by atoms with E-state index in [1.54, 1.807) is 11.5 Å². The third kappa shape index (κ3) is 21.4. The normalized spacial score (nSPS) is 24.4. The molecule has 0 unspecified atom stereocenters. The summed E-state index contributed by atoms with van der Waals surface area (Å²) in [7, 11) is -12.4. The number of ether oxygens (including phenoxy) is 4. The maximum Gasteiger partial charge on any atom is 0.311 e. The number of aliphatic hydroxyl groups excluding tert-OH is 6. The molecule has 0 aromatic carbocycles. The molecule has 38 nitrogen and oxygen atoms in total. The van der Waals surface area contributed by atoms with Crippen LogP contribution in [0.1, 0.15) is 161 Å². The quantitative estimate of drug-likeness (QED) is 0.0160. The van der Waals surface area contributed by atoms with E-state index >= 15 is 0 Å². The van der Waals surface area contributed by atoms with Gasteiger partial charge in [0.1, 0.15) is 82.6 Å². The fourth-order valence-electron chi connectivity index (χ4n) is 17.5. The molecule has 12 rings (SSSR count). The Morgan fingerprint density at radius 2 is 0.571 bits per heavy atom. The van der Waals surface area contributed by atoms with E-state index in [0.29, 0.717) is 46.3 Å². The first kappa shape index (κ1) is 104. The third-order valence-electron chi connectivity index (χ3n) is 27.2. The van der Waals surface area contributed by atoms with Crippen LogP contribution in [0.25, 0.3) is 41.4 Å². The minimum Gasteiger partial charge on any atom is -0.414 e. The van der Waals surface area contributed by atoms with Crippen molar-refractivity contribution in [2.75, 3.05) is 49.4 Å². The maximum absolute atomic E-state index is 13.7. The highest BCUT2D eigenvalue weighted by Crippen LogP contribution is 2.46. The van der Waals surface area contributed by atoms with Crippen molar-refractivity contribution in [3.8, 4) is 0 Å². The standard InChI is InChI=1S/C29H56N4O5SSi3.C28H54N4O6SSi3.C11H14N4O5S.C10H12N4O6S/c1-11-40(12-2,13-3)35-20-22-23(37-41(14-4,15-5)16-6)24(38-42(17-7,18-8)19-9)27(36-22)33-26-25(39-29(33)34)21(10)31-28(30)32-26;1-10-40(11-2,12-3)35-19-20-21(37-41(13-4,14-5)15-6)22(38-42(16-7,17-8)18-9)26(36-20)32-24-23(39-28(32)34)25(33)31-27(29)30-24;1-3-7-8(14-10(12)13-3)15(11(19)21-7)9-6(18)5(17)4(2-16)20-9;11-9-12-6-5(7(18)13-9)21-10(19)14(6)8-4(17)3(16)2(1-15)20-8/h22-24,27H,11-20H2,1-10H3,(H2,30,31,32);20-22,26H,10-19H2,1-9H3,(H3,29,30,31,33);4-6,9,16-18H,2H2,1H3,(H2,12,13,14);2-4,8,15-17H,1H2,(H3,11,12,13,18)/t22-,23-,24-,27-;20-,21-,22-,26-;4-,5-,6-,9-;2-,3-,4-,8-/m1111/s1. The van der Waals surface area contributed by atoms with E-state index in [0.717, 1.165) is 157 Å². The fourth-order valence-corrected chi connectivity index (χ4v) is 37.7. The molecule has 48 heteroatoms. The van der Waals surface area contributed by atoms with Gasteiger partial charge in [0.25, 0.3) is 11.1 Å². The molecule has 8 aromatic rings. The number of fused-ring (bicyclic) bond motifs is 4. The summed E-state index contributed by atoms with van der Waals surface area (Å²) in [5, 5.41) is 57.7. The topological polar surface area (TPSA) is 549 Å². The van der Waals surface area contributed by atoms with Crippen molar-refractivity contribution in [3.05, 3.63) is 70.8 Å². The fraction of sp³-hybridized carbons (Fsp3) is 0.744. The lowest BCUT2D eigenvalue weighted by molar-refractivity contribution is -0.0518. The molecule has 0 saturated carbocycles. The van der Waals surface area contributed by atoms with Crippen LogP contribution in [0.4, 0.5) is 23.8 Å². The van der Waals surface area contributed by atoms with Crippen molar-refractivity contribution >= 4 is 160 Å². The first-order valence-electron chi connectivity index (χ1n) is 44.5. The lowest BCUT2D eigenvalue weighted by Gasteiger charge is -2.40. The van der Waals surface area contributed by atoms with Crippen LogP contribution in [0.15, 0.2) is 28.8 Å². The lowest BCUT2D eigenvalue weighted by atomic mass is 10.1. The van der Waals surface area contributed by atoms with Gasteiger partial charge in [0.15, 0.2) is 97.4 Å². The van der Waals surface area contributed by atoms with E-state index in [-0.39, 0.29) is 72.1 Å². The molecule has 708 valence electrons. The summed E-state index contributed by atoms with van der Waals surface area (Å²) in [4.78, 5) is 104. The van der Waals surface area contributed by atoms with E-state index in [4.69, 9.17) is 78.7 Å². The molecule has 16 N–H and O–H groups in total. The Kier molecular flexibility index (Phi) is 36.7. The number of aliphatic hydroxyl groups is 6. The average molecular weight is 1950 g/mol. The number of aromatic amines is 2. The SMILES string of the molecule is CC[Si](CC)(CC)OC[C@H]1O[C@@H](n2c(=O)sc3c(=O)[nH]c(N)nc32)[C@H](O[Si](CC)(CC)CC)[C@@H]1O[Si](CC)(CC)CC.CC[Si](CC)(CC)OC[C@H]1O[C@@H](n2c(=O)sc3c(C)nc(N)nc32)[C@H](O[Si](CC)(CC)CC)[C@@H]1O[Si](CC)(CC)CC.Cc1nc(N)nc2c1sc(=O)n2[C@@H]1O[C@H](CO)[C@@H](O)[C@H]1O.Nc1nc2c(sc(=O)n2[C@@H]2O[C@H](CO)[C@@H](O)[C@H]2O)c(=O)[nH]1. The van der Waals surface area contributed by atoms with Crippen molar-refractivity contribution in [2.45, 2.75) is 345 Å². The molecule has 0 bridgehead atoms. The van der Waals surface area contributed by atoms with Gasteiger partial charge in [-0.1, -0.05) is 170 Å². The van der Waals surface area contributed by atoms with Crippen molar-refractivity contribution in [2.24, 2.45) is 0 Å². The highest BCUT2D eigenvalue weighted by molar-refractivity contribution is 7.17. The molecule has 4 fully saturated rings. The molecule has 0 radical (unpaired) electrons. The molecular weight excluding hydrogens is 1810 g/mol. The molecular formula is C78H136N16O22S4Si6. The van der Waals surface area contributed by atoms with Crippen LogP contribution in [0, 0.1) is 13.8 Å². The Balaban J connectivity index is 0.000000199. The second-order valence-corrected chi connectivity index (χ2v) is 65.1. The smallest absolute Gasteiger partial charge is 0.311 e. The molecule has 8 aromatic heterocycles. The van der Waals surface area contributed by atoms with Gasteiger partial charge in [-0.15, -0.1) is 0 Å². The Bertz CT molecular complexity index is 5250. The van der Waals surface area contributed by atoms with E-state index < -0.39 is 170 Å². The Labute approximate surface area is 755 Å². The molecule has 4 aliphatic rings. The van der Waals surface area contributed by atoms with Gasteiger partial charge in [0.2, 0.25) is 23.8 Å². The molecule has 0 amide bonds. The zero-order valence-corrected chi connectivity index (χ0v) is 85.7. The number of hydrogen-bond acceptors (Lipinski definition) is 36. The average Bonchev–Trinajstić information content (AvgIpc) is 1.71. The highest BCUT2D eigenvalue weighted by Gasteiger charge is 2.57. The first-order valence-corrected chi connectivity index (χ1v) is 63.0. The van der Waals surface area contributed by atoms with Crippen LogP contribution < -0.4 is 53.5 Å². The molecule has 126 heavy (non-hydrogen) atoms. The van der Waals surface area contributed by atoms with Gasteiger partial charge in [-0.3, -0.25) is 57.0 Å². The summed E-state index contributed by atoms with van der Waals surface area (Å²) < 4.78 is 74.0. The predicted octanol–water partition coefficient (Wildman–Crippen LogP) is 9.57. The highest BCUT2D eigenvalue weighted by atomic mass is 32.1. The second-order valence-electron chi connectivity index (χ2n) is 32.8. The number of H-pyrrole nitrogens is 2. The minimum atomic E-state index is -2.20. The van der Waals surface area contributed by atoms with Gasteiger partial charge in [-0.05, 0) is 123 Å². The lowest BCUT2D eigenvalue weighted by Crippen LogP contribution is -2.52. The van der Waals surface area contributed by atoms with Crippen LogP contribution in [-0.4, -0.2) is 238 Å². The van der Waals surface area contributed by atoms with Crippen molar-refractivity contribution in [1.29, 1.82) is 0 Å². The summed E-state index contributed by atoms with van der Waals surface area (Å²) in [5.41, 5.74) is 24.3. The van der Waals surface area contributed by atoms with Crippen LogP contribution >= 0.6 is 45.3 Å². The number of hydrogen-bond donors (Lipinski definition) is 12.